The number of rotatable bonds is 3. The molecule has 2 heterocycles. The van der Waals surface area contributed by atoms with Crippen molar-refractivity contribution >= 4 is 46.7 Å². The van der Waals surface area contributed by atoms with Crippen molar-refractivity contribution in [3.8, 4) is 0 Å². The summed E-state index contributed by atoms with van der Waals surface area (Å²) in [5.74, 6) is -0.836. The fourth-order valence-corrected chi connectivity index (χ4v) is 4.67. The van der Waals surface area contributed by atoms with Crippen molar-refractivity contribution < 1.29 is 14.4 Å². The predicted octanol–water partition coefficient (Wildman–Crippen LogP) is 3.74. The van der Waals surface area contributed by atoms with Crippen LogP contribution >= 0.6 is 23.2 Å². The zero-order valence-electron chi connectivity index (χ0n) is 15.9. The highest BCUT2D eigenvalue weighted by atomic mass is 35.5. The molecule has 8 heteroatoms. The molecule has 29 heavy (non-hydrogen) atoms. The van der Waals surface area contributed by atoms with E-state index in [2.05, 4.69) is 5.32 Å². The fourth-order valence-electron chi connectivity index (χ4n) is 4.08. The summed E-state index contributed by atoms with van der Waals surface area (Å²) in [4.78, 5) is 41.3. The van der Waals surface area contributed by atoms with Gasteiger partial charge in [0.15, 0.2) is 0 Å². The van der Waals surface area contributed by atoms with E-state index in [9.17, 15) is 14.4 Å². The Balaban J connectivity index is 1.59. The lowest BCUT2D eigenvalue weighted by molar-refractivity contribution is -0.134. The Morgan fingerprint density at radius 3 is 2.66 bits per heavy atom. The maximum atomic E-state index is 13.1. The van der Waals surface area contributed by atoms with Gasteiger partial charge in [-0.15, -0.1) is 0 Å². The molecule has 1 fully saturated rings. The SMILES string of the molecule is CC1Cc2ccccc2N1C(=O)CN1C(=O)NC(C)(c2ccc(Cl)cc2Cl)C1=O. The number of fused-ring (bicyclic) bond motifs is 1. The van der Waals surface area contributed by atoms with Crippen LogP contribution in [-0.2, 0) is 21.5 Å². The number of nitrogens with one attached hydrogen (secondary N) is 1. The Bertz CT molecular complexity index is 1040. The number of anilines is 1. The summed E-state index contributed by atoms with van der Waals surface area (Å²) >= 11 is 12.2. The highest BCUT2D eigenvalue weighted by Crippen LogP contribution is 2.36. The standard InChI is InChI=1S/C21H19Cl2N3O3/c1-12-9-13-5-3-4-6-17(13)26(12)18(27)11-25-19(28)21(2,24-20(25)29)15-8-7-14(22)10-16(15)23/h3-8,10,12H,9,11H2,1-2H3,(H,24,29). The van der Waals surface area contributed by atoms with E-state index >= 15 is 0 Å². The first-order valence-corrected chi connectivity index (χ1v) is 9.97. The third-order valence-corrected chi connectivity index (χ3v) is 6.06. The van der Waals surface area contributed by atoms with Crippen LogP contribution in [0.15, 0.2) is 42.5 Å². The van der Waals surface area contributed by atoms with Crippen LogP contribution in [-0.4, -0.2) is 35.3 Å². The monoisotopic (exact) mass is 431 g/mol. The van der Waals surface area contributed by atoms with E-state index in [1.807, 2.05) is 31.2 Å². The van der Waals surface area contributed by atoms with Crippen molar-refractivity contribution in [2.75, 3.05) is 11.4 Å². The zero-order chi connectivity index (χ0) is 20.9. The largest absolute Gasteiger partial charge is 0.325 e. The molecule has 2 aromatic carbocycles. The van der Waals surface area contributed by atoms with Crippen molar-refractivity contribution in [1.29, 1.82) is 0 Å². The summed E-state index contributed by atoms with van der Waals surface area (Å²) in [6, 6.07) is 11.7. The topological polar surface area (TPSA) is 69.7 Å². The van der Waals surface area contributed by atoms with Gasteiger partial charge >= 0.3 is 6.03 Å². The molecule has 0 saturated carbocycles. The Morgan fingerprint density at radius 2 is 1.93 bits per heavy atom. The molecule has 1 saturated heterocycles. The van der Waals surface area contributed by atoms with Crippen LogP contribution < -0.4 is 10.2 Å². The molecule has 0 bridgehead atoms. The molecular formula is C21H19Cl2N3O3. The molecule has 4 amide bonds. The van der Waals surface area contributed by atoms with E-state index in [0.29, 0.717) is 10.6 Å². The molecule has 2 atom stereocenters. The maximum absolute atomic E-state index is 13.1. The number of imide groups is 1. The Kier molecular flexibility index (Phi) is 4.79. The van der Waals surface area contributed by atoms with Crippen LogP contribution in [0.4, 0.5) is 10.5 Å². The average molecular weight is 432 g/mol. The summed E-state index contributed by atoms with van der Waals surface area (Å²) < 4.78 is 0. The Labute approximate surface area is 178 Å². The second-order valence-corrected chi connectivity index (χ2v) is 8.36. The summed E-state index contributed by atoms with van der Waals surface area (Å²) in [7, 11) is 0. The lowest BCUT2D eigenvalue weighted by Crippen LogP contribution is -2.46. The fraction of sp³-hybridized carbons (Fsp3) is 0.286. The number of carbonyl (C=O) groups excluding carboxylic acids is 3. The Hall–Kier alpha value is -2.57. The first kappa shape index (κ1) is 19.7. The number of hydrogen-bond donors (Lipinski definition) is 1. The number of para-hydroxylation sites is 1. The lowest BCUT2D eigenvalue weighted by atomic mass is 9.92. The van der Waals surface area contributed by atoms with Crippen LogP contribution in [0.1, 0.15) is 25.0 Å². The lowest BCUT2D eigenvalue weighted by Gasteiger charge is -2.26. The first-order chi connectivity index (χ1) is 13.7. The van der Waals surface area contributed by atoms with Gasteiger partial charge in [-0.2, -0.15) is 0 Å². The summed E-state index contributed by atoms with van der Waals surface area (Å²) in [5, 5.41) is 3.36. The van der Waals surface area contributed by atoms with Crippen LogP contribution in [0.5, 0.6) is 0 Å². The molecule has 1 N–H and O–H groups in total. The number of benzene rings is 2. The minimum absolute atomic E-state index is 0.0437. The van der Waals surface area contributed by atoms with Crippen molar-refractivity contribution in [2.24, 2.45) is 0 Å². The molecule has 0 spiro atoms. The number of halogens is 2. The van der Waals surface area contributed by atoms with Crippen molar-refractivity contribution in [2.45, 2.75) is 31.8 Å². The molecule has 2 aliphatic heterocycles. The summed E-state index contributed by atoms with van der Waals surface area (Å²) in [5.41, 5.74) is 0.953. The number of urea groups is 1. The third kappa shape index (κ3) is 3.16. The summed E-state index contributed by atoms with van der Waals surface area (Å²) in [6.07, 6.45) is 0.736. The molecular weight excluding hydrogens is 413 g/mol. The van der Waals surface area contributed by atoms with Crippen LogP contribution in [0.2, 0.25) is 10.0 Å². The van der Waals surface area contributed by atoms with Gasteiger partial charge in [-0.05, 0) is 44.0 Å². The quantitative estimate of drug-likeness (QED) is 0.752. The van der Waals surface area contributed by atoms with Gasteiger partial charge in [0.05, 0.1) is 0 Å². The van der Waals surface area contributed by atoms with Crippen molar-refractivity contribution in [1.82, 2.24) is 10.2 Å². The Morgan fingerprint density at radius 1 is 1.21 bits per heavy atom. The van der Waals surface area contributed by atoms with Crippen molar-refractivity contribution in [3.63, 3.8) is 0 Å². The number of nitrogens with zero attached hydrogens (tertiary/aromatic N) is 2. The maximum Gasteiger partial charge on any atom is 0.325 e. The van der Waals surface area contributed by atoms with Gasteiger partial charge in [0.1, 0.15) is 12.1 Å². The number of carbonyl (C=O) groups is 3. The van der Waals surface area contributed by atoms with Gasteiger partial charge in [-0.3, -0.25) is 14.5 Å². The van der Waals surface area contributed by atoms with Gasteiger partial charge in [0, 0.05) is 27.3 Å². The van der Waals surface area contributed by atoms with Gasteiger partial charge < -0.3 is 10.2 Å². The highest BCUT2D eigenvalue weighted by Gasteiger charge is 2.51. The highest BCUT2D eigenvalue weighted by molar-refractivity contribution is 6.35. The second kappa shape index (κ2) is 7.04. The van der Waals surface area contributed by atoms with Crippen LogP contribution in [0.25, 0.3) is 0 Å². The molecule has 150 valence electrons. The normalized spacial score (nSPS) is 23.4. The molecule has 0 radical (unpaired) electrons. The molecule has 2 aliphatic rings. The van der Waals surface area contributed by atoms with Crippen LogP contribution in [0, 0.1) is 0 Å². The molecule has 0 aromatic heterocycles. The van der Waals surface area contributed by atoms with Gasteiger partial charge in [0.25, 0.3) is 5.91 Å². The van der Waals surface area contributed by atoms with E-state index in [1.165, 1.54) is 6.07 Å². The van der Waals surface area contributed by atoms with E-state index in [4.69, 9.17) is 23.2 Å². The number of amides is 4. The average Bonchev–Trinajstić information content (AvgIpc) is 3.10. The third-order valence-electron chi connectivity index (χ3n) is 5.51. The van der Waals surface area contributed by atoms with Gasteiger partial charge in [-0.25, -0.2) is 4.79 Å². The molecule has 2 aromatic rings. The second-order valence-electron chi connectivity index (χ2n) is 7.52. The van der Waals surface area contributed by atoms with E-state index < -0.39 is 17.5 Å². The van der Waals surface area contributed by atoms with Gasteiger partial charge in [-0.1, -0.05) is 47.5 Å². The van der Waals surface area contributed by atoms with E-state index in [0.717, 1.165) is 22.6 Å². The summed E-state index contributed by atoms with van der Waals surface area (Å²) in [6.45, 7) is 3.17. The van der Waals surface area contributed by atoms with Crippen LogP contribution in [0.3, 0.4) is 0 Å². The molecule has 0 aliphatic carbocycles. The molecule has 4 rings (SSSR count). The van der Waals surface area contributed by atoms with Gasteiger partial charge in [0.2, 0.25) is 5.91 Å². The van der Waals surface area contributed by atoms with E-state index in [-0.39, 0.29) is 23.5 Å². The number of hydrogen-bond acceptors (Lipinski definition) is 3. The minimum Gasteiger partial charge on any atom is -0.319 e. The van der Waals surface area contributed by atoms with E-state index in [1.54, 1.807) is 24.0 Å². The predicted molar refractivity (Wildman–Crippen MR) is 111 cm³/mol. The van der Waals surface area contributed by atoms with Crippen molar-refractivity contribution in [3.05, 3.63) is 63.6 Å². The first-order valence-electron chi connectivity index (χ1n) is 9.22. The molecule has 2 unspecified atom stereocenters. The minimum atomic E-state index is -1.37. The smallest absolute Gasteiger partial charge is 0.319 e. The zero-order valence-corrected chi connectivity index (χ0v) is 17.4. The molecule has 6 nitrogen and oxygen atoms in total.